The highest BCUT2D eigenvalue weighted by atomic mass is 35.5. The van der Waals surface area contributed by atoms with Gasteiger partial charge in [-0.25, -0.2) is 9.40 Å². The minimum absolute atomic E-state index is 0. The van der Waals surface area contributed by atoms with Gasteiger partial charge in [0, 0.05) is 57.0 Å². The molecule has 0 radical (unpaired) electrons. The van der Waals surface area contributed by atoms with Crippen molar-refractivity contribution in [1.82, 2.24) is 30.4 Å². The quantitative estimate of drug-likeness (QED) is 0.381. The van der Waals surface area contributed by atoms with Crippen molar-refractivity contribution in [2.24, 2.45) is 7.05 Å². The normalized spacial score (nSPS) is 12.8. The second-order valence-electron chi connectivity index (χ2n) is 9.58. The van der Waals surface area contributed by atoms with Crippen molar-refractivity contribution in [3.8, 4) is 0 Å². The van der Waals surface area contributed by atoms with Crippen molar-refractivity contribution >= 4 is 40.8 Å². The van der Waals surface area contributed by atoms with E-state index in [1.54, 1.807) is 18.1 Å². The number of aryl methyl sites for hydroxylation is 3. The van der Waals surface area contributed by atoms with Crippen molar-refractivity contribution < 1.29 is 14.0 Å². The number of nitrogens with zero attached hydrogens (tertiary/aromatic N) is 5. The molecule has 2 aromatic carbocycles. The predicted octanol–water partition coefficient (Wildman–Crippen LogP) is 2.67. The number of hydrazine groups is 1. The Balaban J connectivity index is 0.00000400. The fourth-order valence-corrected chi connectivity index (χ4v) is 4.71. The minimum Gasteiger partial charge on any atom is -0.353 e. The number of halogens is 2. The molecule has 4 rings (SSSR count). The first kappa shape index (κ1) is 29.3. The lowest BCUT2D eigenvalue weighted by Crippen LogP contribution is -2.48. The predicted molar refractivity (Wildman–Crippen MR) is 150 cm³/mol. The maximum absolute atomic E-state index is 13.7. The molecule has 0 saturated carbocycles. The molecule has 206 valence electrons. The first-order valence-electron chi connectivity index (χ1n) is 12.6. The zero-order valence-corrected chi connectivity index (χ0v) is 23.5. The van der Waals surface area contributed by atoms with E-state index >= 15 is 0 Å². The lowest BCUT2D eigenvalue weighted by atomic mass is 10.1. The number of hydrogen-bond donors (Lipinski definition) is 2. The second-order valence-corrected chi connectivity index (χ2v) is 9.58. The number of amides is 2. The molecule has 2 heterocycles. The summed E-state index contributed by atoms with van der Waals surface area (Å²) in [4.78, 5) is 28.1. The standard InChI is InChI=1S/C27H36FN7O2.ClH/c1-6-29-9-10-30-26(36)16-34(25-13-24-23(11-18(25)2)19(3)32(4)31-24)17-27(37)33(5)35-14-20-7-8-22(28)12-21(20)15-35;/h7-8,11-13,29H,6,9-10,14-17H2,1-5H3,(H,30,36);1H. The van der Waals surface area contributed by atoms with Crippen molar-refractivity contribution in [2.75, 3.05) is 44.7 Å². The molecule has 1 aliphatic heterocycles. The maximum atomic E-state index is 13.7. The maximum Gasteiger partial charge on any atom is 0.256 e. The van der Waals surface area contributed by atoms with Crippen LogP contribution in [-0.2, 0) is 29.7 Å². The van der Waals surface area contributed by atoms with E-state index in [9.17, 15) is 14.0 Å². The molecule has 38 heavy (non-hydrogen) atoms. The van der Waals surface area contributed by atoms with Crippen LogP contribution in [0.1, 0.15) is 29.3 Å². The van der Waals surface area contributed by atoms with Gasteiger partial charge in [0.05, 0.1) is 18.6 Å². The van der Waals surface area contributed by atoms with Crippen LogP contribution in [-0.4, -0.2) is 71.4 Å². The zero-order valence-electron chi connectivity index (χ0n) is 22.7. The number of hydrogen-bond acceptors (Lipinski definition) is 6. The number of benzene rings is 2. The molecule has 0 spiro atoms. The van der Waals surface area contributed by atoms with E-state index in [0.717, 1.165) is 45.5 Å². The molecule has 0 fully saturated rings. The van der Waals surface area contributed by atoms with Crippen LogP contribution in [0.5, 0.6) is 0 Å². The molecule has 0 aliphatic carbocycles. The Hall–Kier alpha value is -3.21. The van der Waals surface area contributed by atoms with Gasteiger partial charge in [0.15, 0.2) is 0 Å². The van der Waals surface area contributed by atoms with Crippen molar-refractivity contribution in [3.05, 3.63) is 58.5 Å². The molecule has 1 aliphatic rings. The van der Waals surface area contributed by atoms with Gasteiger partial charge in [-0.3, -0.25) is 19.3 Å². The number of likely N-dealkylation sites (N-methyl/N-ethyl adjacent to an activating group) is 2. The Morgan fingerprint density at radius 3 is 2.55 bits per heavy atom. The molecule has 2 N–H and O–H groups in total. The van der Waals surface area contributed by atoms with E-state index < -0.39 is 0 Å². The van der Waals surface area contributed by atoms with Gasteiger partial charge in [0.1, 0.15) is 5.82 Å². The summed E-state index contributed by atoms with van der Waals surface area (Å²) in [6, 6.07) is 8.73. The first-order valence-corrected chi connectivity index (χ1v) is 12.6. The monoisotopic (exact) mass is 545 g/mol. The van der Waals surface area contributed by atoms with Crippen LogP contribution >= 0.6 is 12.4 Å². The summed E-state index contributed by atoms with van der Waals surface area (Å²) in [6.45, 7) is 9.06. The van der Waals surface area contributed by atoms with Crippen molar-refractivity contribution in [2.45, 2.75) is 33.9 Å². The van der Waals surface area contributed by atoms with Crippen LogP contribution in [0, 0.1) is 19.7 Å². The lowest BCUT2D eigenvalue weighted by Gasteiger charge is -2.32. The van der Waals surface area contributed by atoms with E-state index in [2.05, 4.69) is 21.8 Å². The molecule has 0 bridgehead atoms. The Morgan fingerprint density at radius 2 is 1.82 bits per heavy atom. The summed E-state index contributed by atoms with van der Waals surface area (Å²) < 4.78 is 15.5. The number of carbonyl (C=O) groups excluding carboxylic acids is 2. The van der Waals surface area contributed by atoms with Gasteiger partial charge in [-0.15, -0.1) is 12.4 Å². The average Bonchev–Trinajstić information content (AvgIpc) is 3.40. The topological polar surface area (TPSA) is 85.7 Å². The third-order valence-corrected chi connectivity index (χ3v) is 6.98. The van der Waals surface area contributed by atoms with E-state index in [1.165, 1.54) is 12.1 Å². The highest BCUT2D eigenvalue weighted by molar-refractivity contribution is 5.91. The molecule has 9 nitrogen and oxygen atoms in total. The van der Waals surface area contributed by atoms with Crippen molar-refractivity contribution in [1.29, 1.82) is 0 Å². The van der Waals surface area contributed by atoms with Gasteiger partial charge >= 0.3 is 0 Å². The van der Waals surface area contributed by atoms with Gasteiger partial charge in [-0.1, -0.05) is 13.0 Å². The summed E-state index contributed by atoms with van der Waals surface area (Å²) >= 11 is 0. The third-order valence-electron chi connectivity index (χ3n) is 6.98. The number of anilines is 1. The molecule has 3 aromatic rings. The highest BCUT2D eigenvalue weighted by Gasteiger charge is 2.27. The molecule has 0 atom stereocenters. The fourth-order valence-electron chi connectivity index (χ4n) is 4.71. The van der Waals surface area contributed by atoms with Gasteiger partial charge in [0.25, 0.3) is 5.91 Å². The smallest absolute Gasteiger partial charge is 0.256 e. The molecule has 0 unspecified atom stereocenters. The van der Waals surface area contributed by atoms with Crippen LogP contribution in [0.3, 0.4) is 0 Å². The van der Waals surface area contributed by atoms with E-state index in [4.69, 9.17) is 0 Å². The van der Waals surface area contributed by atoms with Gasteiger partial charge in [0.2, 0.25) is 5.91 Å². The third kappa shape index (κ3) is 6.43. The molecule has 0 saturated heterocycles. The number of carbonyl (C=O) groups is 2. The van der Waals surface area contributed by atoms with Crippen LogP contribution in [0.2, 0.25) is 0 Å². The summed E-state index contributed by atoms with van der Waals surface area (Å²) in [7, 11) is 3.62. The highest BCUT2D eigenvalue weighted by Crippen LogP contribution is 2.29. The van der Waals surface area contributed by atoms with E-state index in [-0.39, 0.29) is 43.1 Å². The first-order chi connectivity index (χ1) is 17.7. The number of fused-ring (bicyclic) bond motifs is 2. The largest absolute Gasteiger partial charge is 0.353 e. The van der Waals surface area contributed by atoms with Crippen LogP contribution in [0.25, 0.3) is 10.9 Å². The number of aromatic nitrogens is 2. The summed E-state index contributed by atoms with van der Waals surface area (Å²) in [5, 5.41) is 15.2. The van der Waals surface area contributed by atoms with E-state index in [1.807, 2.05) is 48.5 Å². The fraction of sp³-hybridized carbons (Fsp3) is 0.444. The number of nitrogens with one attached hydrogen (secondary N) is 2. The lowest BCUT2D eigenvalue weighted by molar-refractivity contribution is -0.145. The molecular formula is C27H37ClFN7O2. The minimum atomic E-state index is -0.281. The van der Waals surface area contributed by atoms with E-state index in [0.29, 0.717) is 26.2 Å². The Labute approximate surface area is 229 Å². The second kappa shape index (κ2) is 12.6. The van der Waals surface area contributed by atoms with Gasteiger partial charge in [-0.2, -0.15) is 5.10 Å². The molecule has 11 heteroatoms. The van der Waals surface area contributed by atoms with Crippen LogP contribution in [0.4, 0.5) is 10.1 Å². The molecular weight excluding hydrogens is 509 g/mol. The van der Waals surface area contributed by atoms with Gasteiger partial charge < -0.3 is 15.5 Å². The SMILES string of the molecule is CCNCCNC(=O)CN(CC(=O)N(C)N1Cc2ccc(F)cc2C1)c1cc2nn(C)c(C)c2cc1C.Cl. The van der Waals surface area contributed by atoms with Crippen molar-refractivity contribution in [3.63, 3.8) is 0 Å². The zero-order chi connectivity index (χ0) is 26.7. The Morgan fingerprint density at radius 1 is 1.08 bits per heavy atom. The van der Waals surface area contributed by atoms with Crippen LogP contribution < -0.4 is 15.5 Å². The average molecular weight is 546 g/mol. The summed E-state index contributed by atoms with van der Waals surface area (Å²) in [5.41, 5.74) is 5.51. The Bertz CT molecular complexity index is 1310. The van der Waals surface area contributed by atoms with Gasteiger partial charge in [-0.05, 0) is 61.3 Å². The number of rotatable bonds is 10. The Kier molecular flexibility index (Phi) is 9.70. The summed E-state index contributed by atoms with van der Waals surface area (Å²) in [6.07, 6.45) is 0. The molecule has 2 amide bonds. The molecule has 1 aromatic heterocycles. The van der Waals surface area contributed by atoms with Crippen LogP contribution in [0.15, 0.2) is 30.3 Å². The summed E-state index contributed by atoms with van der Waals surface area (Å²) in [5.74, 6) is -0.601.